The quantitative estimate of drug-likeness (QED) is 0.740. The van der Waals surface area contributed by atoms with Crippen LogP contribution >= 0.6 is 22.9 Å². The average Bonchev–Trinajstić information content (AvgIpc) is 2.90. The normalized spacial score (nSPS) is 10.7. The second-order valence-corrected chi connectivity index (χ2v) is 5.56. The molecule has 5 heteroatoms. The summed E-state index contributed by atoms with van der Waals surface area (Å²) >= 11 is 7.70. The van der Waals surface area contributed by atoms with Crippen LogP contribution in [0.1, 0.15) is 5.69 Å². The Morgan fingerprint density at radius 1 is 1.15 bits per heavy atom. The minimum Gasteiger partial charge on any atom is -0.310 e. The first-order valence-electron chi connectivity index (χ1n) is 6.09. The van der Waals surface area contributed by atoms with Crippen LogP contribution in [0.3, 0.4) is 0 Å². The Morgan fingerprint density at radius 2 is 1.95 bits per heavy atom. The molecule has 0 saturated heterocycles. The van der Waals surface area contributed by atoms with Gasteiger partial charge in [0.15, 0.2) is 0 Å². The van der Waals surface area contributed by atoms with Crippen molar-refractivity contribution in [2.24, 2.45) is 0 Å². The van der Waals surface area contributed by atoms with Gasteiger partial charge in [0.2, 0.25) is 0 Å². The predicted molar refractivity (Wildman–Crippen MR) is 82.4 cm³/mol. The van der Waals surface area contributed by atoms with Crippen molar-refractivity contribution in [1.29, 1.82) is 0 Å². The second kappa shape index (κ2) is 5.61. The average molecular weight is 303 g/mol. The van der Waals surface area contributed by atoms with Crippen molar-refractivity contribution < 1.29 is 0 Å². The molecule has 0 saturated carbocycles. The third kappa shape index (κ3) is 2.66. The van der Waals surface area contributed by atoms with E-state index in [1.165, 1.54) is 11.3 Å². The lowest BCUT2D eigenvalue weighted by Gasteiger charge is -2.01. The smallest absolute Gasteiger partial charge is 0.250 e. The predicted octanol–water partition coefficient (Wildman–Crippen LogP) is 3.67. The van der Waals surface area contributed by atoms with E-state index in [9.17, 15) is 4.79 Å². The van der Waals surface area contributed by atoms with E-state index in [0.29, 0.717) is 11.6 Å². The van der Waals surface area contributed by atoms with Crippen LogP contribution in [0, 0.1) is 0 Å². The van der Waals surface area contributed by atoms with Gasteiger partial charge in [-0.25, -0.2) is 4.98 Å². The minimum atomic E-state index is -0.0280. The van der Waals surface area contributed by atoms with E-state index >= 15 is 0 Å². The zero-order valence-corrected chi connectivity index (χ0v) is 12.1. The molecule has 3 rings (SSSR count). The second-order valence-electron chi connectivity index (χ2n) is 4.29. The number of hydrogen-bond acceptors (Lipinski definition) is 3. The standard InChI is InChI=1S/C15H11ClN2OS/c16-13-6-2-1-5-12(13)15-17-11(10-20-15)9-18-8-4-3-7-14(18)19/h1-8,10H,9H2. The summed E-state index contributed by atoms with van der Waals surface area (Å²) in [5.74, 6) is 0. The van der Waals surface area contributed by atoms with E-state index in [1.54, 1.807) is 22.9 Å². The van der Waals surface area contributed by atoms with Crippen molar-refractivity contribution in [2.75, 3.05) is 0 Å². The zero-order chi connectivity index (χ0) is 13.9. The van der Waals surface area contributed by atoms with Crippen LogP contribution in [0.4, 0.5) is 0 Å². The summed E-state index contributed by atoms with van der Waals surface area (Å²) in [5, 5.41) is 3.51. The third-order valence-electron chi connectivity index (χ3n) is 2.89. The number of pyridine rings is 1. The topological polar surface area (TPSA) is 34.9 Å². The van der Waals surface area contributed by atoms with Gasteiger partial charge >= 0.3 is 0 Å². The van der Waals surface area contributed by atoms with Gasteiger partial charge < -0.3 is 4.57 Å². The van der Waals surface area contributed by atoms with Gasteiger partial charge in [0.1, 0.15) is 5.01 Å². The number of benzene rings is 1. The van der Waals surface area contributed by atoms with E-state index in [0.717, 1.165) is 16.3 Å². The molecule has 0 aliphatic carbocycles. The first-order chi connectivity index (χ1) is 9.74. The van der Waals surface area contributed by atoms with Gasteiger partial charge in [0.25, 0.3) is 5.56 Å². The minimum absolute atomic E-state index is 0.0280. The Balaban J connectivity index is 1.90. The Hall–Kier alpha value is -1.91. The highest BCUT2D eigenvalue weighted by Crippen LogP contribution is 2.30. The fourth-order valence-electron chi connectivity index (χ4n) is 1.90. The summed E-state index contributed by atoms with van der Waals surface area (Å²) in [6.45, 7) is 0.473. The number of rotatable bonds is 3. The molecule has 3 aromatic rings. The number of hydrogen-bond donors (Lipinski definition) is 0. The van der Waals surface area contributed by atoms with E-state index in [-0.39, 0.29) is 5.56 Å². The molecule has 0 bridgehead atoms. The third-order valence-corrected chi connectivity index (χ3v) is 4.14. The first kappa shape index (κ1) is 13.1. The molecule has 0 aliphatic heterocycles. The molecule has 20 heavy (non-hydrogen) atoms. The number of aromatic nitrogens is 2. The van der Waals surface area contributed by atoms with Crippen molar-refractivity contribution >= 4 is 22.9 Å². The van der Waals surface area contributed by atoms with Crippen LogP contribution in [-0.2, 0) is 6.54 Å². The lowest BCUT2D eigenvalue weighted by Crippen LogP contribution is -2.18. The van der Waals surface area contributed by atoms with Gasteiger partial charge in [0.05, 0.1) is 17.3 Å². The summed E-state index contributed by atoms with van der Waals surface area (Å²) in [7, 11) is 0. The van der Waals surface area contributed by atoms with Crippen molar-refractivity contribution in [2.45, 2.75) is 6.54 Å². The number of thiazole rings is 1. The summed E-state index contributed by atoms with van der Waals surface area (Å²) in [4.78, 5) is 16.2. The fourth-order valence-corrected chi connectivity index (χ4v) is 3.03. The van der Waals surface area contributed by atoms with Crippen LogP contribution in [-0.4, -0.2) is 9.55 Å². The van der Waals surface area contributed by atoms with E-state index < -0.39 is 0 Å². The highest BCUT2D eigenvalue weighted by Gasteiger charge is 2.08. The summed E-state index contributed by atoms with van der Waals surface area (Å²) in [5.41, 5.74) is 1.75. The molecule has 2 heterocycles. The zero-order valence-electron chi connectivity index (χ0n) is 10.5. The molecule has 3 nitrogen and oxygen atoms in total. The molecule has 100 valence electrons. The molecule has 0 unspecified atom stereocenters. The summed E-state index contributed by atoms with van der Waals surface area (Å²) in [6, 6.07) is 12.7. The van der Waals surface area contributed by atoms with Crippen LogP contribution < -0.4 is 5.56 Å². The van der Waals surface area contributed by atoms with Crippen molar-refractivity contribution in [3.63, 3.8) is 0 Å². The van der Waals surface area contributed by atoms with E-state index in [2.05, 4.69) is 4.98 Å². The molecular weight excluding hydrogens is 292 g/mol. The summed E-state index contributed by atoms with van der Waals surface area (Å²) in [6.07, 6.45) is 1.76. The fraction of sp³-hybridized carbons (Fsp3) is 0.0667. The molecule has 0 N–H and O–H groups in total. The van der Waals surface area contributed by atoms with E-state index in [1.807, 2.05) is 35.7 Å². The molecule has 0 aliphatic rings. The van der Waals surface area contributed by atoms with E-state index in [4.69, 9.17) is 11.6 Å². The Morgan fingerprint density at radius 3 is 2.75 bits per heavy atom. The summed E-state index contributed by atoms with van der Waals surface area (Å²) < 4.78 is 1.63. The van der Waals surface area contributed by atoms with Crippen LogP contribution in [0.5, 0.6) is 0 Å². The number of halogens is 1. The van der Waals surface area contributed by atoms with Crippen LogP contribution in [0.25, 0.3) is 10.6 Å². The molecule has 0 atom stereocenters. The van der Waals surface area contributed by atoms with Crippen LogP contribution in [0.2, 0.25) is 5.02 Å². The molecule has 1 aromatic carbocycles. The first-order valence-corrected chi connectivity index (χ1v) is 7.34. The van der Waals surface area contributed by atoms with Crippen molar-refractivity contribution in [1.82, 2.24) is 9.55 Å². The van der Waals surface area contributed by atoms with Gasteiger partial charge in [-0.15, -0.1) is 11.3 Å². The largest absolute Gasteiger partial charge is 0.310 e. The highest BCUT2D eigenvalue weighted by atomic mass is 35.5. The SMILES string of the molecule is O=c1ccccn1Cc1csc(-c2ccccc2Cl)n1. The van der Waals surface area contributed by atoms with Gasteiger partial charge in [-0.3, -0.25) is 4.79 Å². The molecular formula is C15H11ClN2OS. The van der Waals surface area contributed by atoms with Crippen LogP contribution in [0.15, 0.2) is 58.8 Å². The monoisotopic (exact) mass is 302 g/mol. The maximum absolute atomic E-state index is 11.7. The van der Waals surface area contributed by atoms with Crippen molar-refractivity contribution in [3.8, 4) is 10.6 Å². The molecule has 2 aromatic heterocycles. The highest BCUT2D eigenvalue weighted by molar-refractivity contribution is 7.13. The Labute approximate surface area is 125 Å². The Bertz CT molecular complexity index is 794. The Kier molecular flexibility index (Phi) is 3.67. The molecule has 0 radical (unpaired) electrons. The maximum atomic E-state index is 11.7. The lowest BCUT2D eigenvalue weighted by molar-refractivity contribution is 0.744. The van der Waals surface area contributed by atoms with Gasteiger partial charge in [0, 0.05) is 23.2 Å². The van der Waals surface area contributed by atoms with Gasteiger partial charge in [-0.1, -0.05) is 35.9 Å². The molecule has 0 spiro atoms. The van der Waals surface area contributed by atoms with Gasteiger partial charge in [-0.2, -0.15) is 0 Å². The molecule has 0 fully saturated rings. The lowest BCUT2D eigenvalue weighted by atomic mass is 10.2. The number of nitrogens with zero attached hydrogens (tertiary/aromatic N) is 2. The molecule has 0 amide bonds. The van der Waals surface area contributed by atoms with Crippen molar-refractivity contribution in [3.05, 3.63) is 75.1 Å². The maximum Gasteiger partial charge on any atom is 0.250 e. The van der Waals surface area contributed by atoms with Gasteiger partial charge in [-0.05, 0) is 12.1 Å².